The maximum absolute atomic E-state index is 11.8. The lowest BCUT2D eigenvalue weighted by atomic mass is 10.2. The third-order valence-corrected chi connectivity index (χ3v) is 4.78. The van der Waals surface area contributed by atoms with Crippen LogP contribution in [0.3, 0.4) is 0 Å². The third kappa shape index (κ3) is 5.20. The van der Waals surface area contributed by atoms with E-state index in [2.05, 4.69) is 11.4 Å². The van der Waals surface area contributed by atoms with Crippen molar-refractivity contribution in [3.05, 3.63) is 52.2 Å². The molecule has 0 aliphatic carbocycles. The molecule has 1 N–H and O–H groups in total. The van der Waals surface area contributed by atoms with Gasteiger partial charge in [-0.1, -0.05) is 6.07 Å². The number of rotatable bonds is 7. The van der Waals surface area contributed by atoms with Crippen LogP contribution in [0.1, 0.15) is 22.2 Å². The number of ether oxygens (including phenoxy) is 1. The van der Waals surface area contributed by atoms with Gasteiger partial charge < -0.3 is 10.1 Å². The number of hydrogen-bond acceptors (Lipinski definition) is 5. The highest BCUT2D eigenvalue weighted by molar-refractivity contribution is 7.99. The standard InChI is InChI=1S/C16H17NO3S2/c1-2-20-16(19)12-5-7-13(8-6-12)17-15(18)11-21-10-14-4-3-9-22-14/h3-9H,2,10-11H2,1H3,(H,17,18). The summed E-state index contributed by atoms with van der Waals surface area (Å²) >= 11 is 3.27. The zero-order chi connectivity index (χ0) is 15.8. The fraction of sp³-hybridized carbons (Fsp3) is 0.250. The first-order valence-corrected chi connectivity index (χ1v) is 8.89. The Morgan fingerprint density at radius 1 is 1.23 bits per heavy atom. The minimum Gasteiger partial charge on any atom is -0.462 e. The van der Waals surface area contributed by atoms with Gasteiger partial charge in [-0.3, -0.25) is 4.79 Å². The highest BCUT2D eigenvalue weighted by Crippen LogP contribution is 2.17. The maximum Gasteiger partial charge on any atom is 0.338 e. The molecule has 0 aliphatic heterocycles. The Balaban J connectivity index is 1.77. The van der Waals surface area contributed by atoms with Crippen molar-refractivity contribution in [3.63, 3.8) is 0 Å². The second-order valence-corrected chi connectivity index (χ2v) is 6.44. The minimum absolute atomic E-state index is 0.0505. The van der Waals surface area contributed by atoms with Crippen LogP contribution in [0.15, 0.2) is 41.8 Å². The molecule has 1 amide bonds. The molecule has 0 fully saturated rings. The largest absolute Gasteiger partial charge is 0.462 e. The van der Waals surface area contributed by atoms with Gasteiger partial charge in [0.2, 0.25) is 5.91 Å². The van der Waals surface area contributed by atoms with Crippen molar-refractivity contribution in [3.8, 4) is 0 Å². The van der Waals surface area contributed by atoms with E-state index in [9.17, 15) is 9.59 Å². The number of thioether (sulfide) groups is 1. The summed E-state index contributed by atoms with van der Waals surface area (Å²) in [4.78, 5) is 24.6. The topological polar surface area (TPSA) is 55.4 Å². The van der Waals surface area contributed by atoms with Gasteiger partial charge >= 0.3 is 5.97 Å². The van der Waals surface area contributed by atoms with Crippen LogP contribution in [0.4, 0.5) is 5.69 Å². The number of nitrogens with one attached hydrogen (secondary N) is 1. The van der Waals surface area contributed by atoms with E-state index in [4.69, 9.17) is 4.74 Å². The summed E-state index contributed by atoms with van der Waals surface area (Å²) in [5.74, 6) is 0.835. The van der Waals surface area contributed by atoms with Crippen LogP contribution in [0.2, 0.25) is 0 Å². The van der Waals surface area contributed by atoms with E-state index in [-0.39, 0.29) is 11.9 Å². The summed E-state index contributed by atoms with van der Waals surface area (Å²) in [6, 6.07) is 10.8. The normalized spacial score (nSPS) is 10.2. The average molecular weight is 335 g/mol. The molecule has 2 rings (SSSR count). The van der Waals surface area contributed by atoms with Crippen molar-refractivity contribution in [1.29, 1.82) is 0 Å². The van der Waals surface area contributed by atoms with Crippen LogP contribution in [0, 0.1) is 0 Å². The first kappa shape index (κ1) is 16.6. The summed E-state index contributed by atoms with van der Waals surface area (Å²) in [5, 5.41) is 4.84. The SMILES string of the molecule is CCOC(=O)c1ccc(NC(=O)CSCc2cccs2)cc1. The Morgan fingerprint density at radius 3 is 2.64 bits per heavy atom. The number of carbonyl (C=O) groups excluding carboxylic acids is 2. The Kier molecular flexibility index (Phi) is 6.48. The lowest BCUT2D eigenvalue weighted by Gasteiger charge is -2.06. The van der Waals surface area contributed by atoms with Crippen molar-refractivity contribution in [2.75, 3.05) is 17.7 Å². The van der Waals surface area contributed by atoms with E-state index >= 15 is 0 Å². The van der Waals surface area contributed by atoms with Gasteiger partial charge in [0.1, 0.15) is 0 Å². The molecule has 0 saturated heterocycles. The Bertz CT molecular complexity index is 609. The number of carbonyl (C=O) groups is 2. The molecule has 1 aromatic carbocycles. The number of amides is 1. The average Bonchev–Trinajstić information content (AvgIpc) is 3.01. The molecule has 1 aromatic heterocycles. The molecule has 0 spiro atoms. The van der Waals surface area contributed by atoms with Crippen LogP contribution >= 0.6 is 23.1 Å². The van der Waals surface area contributed by atoms with Gasteiger partial charge in [0, 0.05) is 16.3 Å². The van der Waals surface area contributed by atoms with E-state index in [1.807, 2.05) is 11.4 Å². The van der Waals surface area contributed by atoms with Crippen LogP contribution in [0.5, 0.6) is 0 Å². The lowest BCUT2D eigenvalue weighted by Crippen LogP contribution is -2.14. The van der Waals surface area contributed by atoms with Gasteiger partial charge in [0.05, 0.1) is 17.9 Å². The molecule has 0 bridgehead atoms. The van der Waals surface area contributed by atoms with E-state index in [1.165, 1.54) is 4.88 Å². The van der Waals surface area contributed by atoms with Gasteiger partial charge in [-0.2, -0.15) is 0 Å². The van der Waals surface area contributed by atoms with Crippen LogP contribution in [-0.4, -0.2) is 24.2 Å². The molecule has 116 valence electrons. The smallest absolute Gasteiger partial charge is 0.338 e. The first-order chi connectivity index (χ1) is 10.7. The third-order valence-electron chi connectivity index (χ3n) is 2.74. The predicted molar refractivity (Wildman–Crippen MR) is 91.5 cm³/mol. The lowest BCUT2D eigenvalue weighted by molar-refractivity contribution is -0.113. The van der Waals surface area contributed by atoms with E-state index < -0.39 is 0 Å². The number of esters is 1. The first-order valence-electron chi connectivity index (χ1n) is 6.86. The quantitative estimate of drug-likeness (QED) is 0.782. The molecule has 0 aliphatic rings. The highest BCUT2D eigenvalue weighted by atomic mass is 32.2. The van der Waals surface area contributed by atoms with Gasteiger partial charge in [-0.05, 0) is 42.6 Å². The molecular weight excluding hydrogens is 318 g/mol. The van der Waals surface area contributed by atoms with Crippen molar-refractivity contribution >= 4 is 40.7 Å². The van der Waals surface area contributed by atoms with Gasteiger partial charge in [-0.25, -0.2) is 4.79 Å². The summed E-state index contributed by atoms with van der Waals surface area (Å²) < 4.78 is 4.91. The second-order valence-electron chi connectivity index (χ2n) is 4.42. The molecule has 0 radical (unpaired) electrons. The predicted octanol–water partition coefficient (Wildman–Crippen LogP) is 3.80. The monoisotopic (exact) mass is 335 g/mol. The molecule has 22 heavy (non-hydrogen) atoms. The van der Waals surface area contributed by atoms with Crippen molar-refractivity contribution in [2.45, 2.75) is 12.7 Å². The molecule has 4 nitrogen and oxygen atoms in total. The zero-order valence-electron chi connectivity index (χ0n) is 12.2. The Labute approximate surface area is 137 Å². The van der Waals surface area contributed by atoms with Crippen LogP contribution < -0.4 is 5.32 Å². The molecule has 0 atom stereocenters. The second kappa shape index (κ2) is 8.60. The Morgan fingerprint density at radius 2 is 2.00 bits per heavy atom. The van der Waals surface area contributed by atoms with Gasteiger partial charge in [0.25, 0.3) is 0 Å². The summed E-state index contributed by atoms with van der Waals surface area (Å²) in [6.07, 6.45) is 0. The fourth-order valence-corrected chi connectivity index (χ4v) is 3.41. The number of thiophene rings is 1. The Hall–Kier alpha value is -1.79. The van der Waals surface area contributed by atoms with Crippen LogP contribution in [0.25, 0.3) is 0 Å². The molecule has 6 heteroatoms. The molecular formula is C16H17NO3S2. The maximum atomic E-state index is 11.8. The summed E-state index contributed by atoms with van der Waals surface area (Å²) in [7, 11) is 0. The van der Waals surface area contributed by atoms with Crippen molar-refractivity contribution in [2.24, 2.45) is 0 Å². The van der Waals surface area contributed by atoms with Gasteiger partial charge in [0.15, 0.2) is 0 Å². The number of hydrogen-bond donors (Lipinski definition) is 1. The van der Waals surface area contributed by atoms with Gasteiger partial charge in [-0.15, -0.1) is 23.1 Å². The van der Waals surface area contributed by atoms with Crippen LogP contribution in [-0.2, 0) is 15.3 Å². The number of anilines is 1. The molecule has 2 aromatic rings. The van der Waals surface area contributed by atoms with E-state index in [1.54, 1.807) is 54.3 Å². The number of benzene rings is 1. The fourth-order valence-electron chi connectivity index (χ4n) is 1.74. The molecule has 0 unspecified atom stereocenters. The highest BCUT2D eigenvalue weighted by Gasteiger charge is 2.07. The molecule has 0 saturated carbocycles. The van der Waals surface area contributed by atoms with Crippen molar-refractivity contribution < 1.29 is 14.3 Å². The minimum atomic E-state index is -0.355. The zero-order valence-corrected chi connectivity index (χ0v) is 13.8. The van der Waals surface area contributed by atoms with Crippen molar-refractivity contribution in [1.82, 2.24) is 0 Å². The molecule has 1 heterocycles. The van der Waals surface area contributed by atoms with E-state index in [0.29, 0.717) is 23.6 Å². The van der Waals surface area contributed by atoms with E-state index in [0.717, 1.165) is 5.75 Å². The summed E-state index contributed by atoms with van der Waals surface area (Å²) in [6.45, 7) is 2.11. The summed E-state index contributed by atoms with van der Waals surface area (Å²) in [5.41, 5.74) is 1.15.